The van der Waals surface area contributed by atoms with Crippen LogP contribution in [0.25, 0.3) is 0 Å². The Hall–Kier alpha value is -0.320. The zero-order chi connectivity index (χ0) is 20.5. The highest BCUT2D eigenvalue weighted by Gasteiger charge is 2.31. The van der Waals surface area contributed by atoms with Gasteiger partial charge in [0.1, 0.15) is 0 Å². The van der Waals surface area contributed by atoms with E-state index >= 15 is 0 Å². The van der Waals surface area contributed by atoms with E-state index in [0.717, 1.165) is 13.1 Å². The van der Waals surface area contributed by atoms with Gasteiger partial charge in [-0.1, -0.05) is 0 Å². The largest absolute Gasteiger partial charge is 0.389 e. The molecule has 0 aromatic rings. The molecule has 0 radical (unpaired) electrons. The Morgan fingerprint density at radius 2 is 1.11 bits per heavy atom. The average Bonchev–Trinajstić information content (AvgIpc) is 3.51. The molecule has 0 aliphatic carbocycles. The van der Waals surface area contributed by atoms with E-state index in [2.05, 4.69) is 23.6 Å². The van der Waals surface area contributed by atoms with Crippen LogP contribution in [0, 0.1) is 0 Å². The minimum absolute atomic E-state index is 0.0440. The summed E-state index contributed by atoms with van der Waals surface area (Å²) < 4.78 is 22.4. The molecule has 0 bridgehead atoms. The van der Waals surface area contributed by atoms with Crippen molar-refractivity contribution >= 4 is 0 Å². The number of rotatable bonds is 17. The second kappa shape index (κ2) is 12.4. The van der Waals surface area contributed by atoms with Gasteiger partial charge < -0.3 is 29.2 Å². The van der Waals surface area contributed by atoms with Crippen molar-refractivity contribution in [2.24, 2.45) is 0 Å². The molecule has 166 valence electrons. The lowest BCUT2D eigenvalue weighted by Gasteiger charge is -2.18. The number of aliphatic hydroxyl groups is 2. The number of β-amino-alcohol motifs (C(OH)–C–C–N with tert-alkyl or cyclic N) is 2. The van der Waals surface area contributed by atoms with Gasteiger partial charge >= 0.3 is 0 Å². The highest BCUT2D eigenvalue weighted by atomic mass is 16.6. The molecule has 2 saturated heterocycles. The molecule has 28 heavy (non-hydrogen) atoms. The fraction of sp³-hybridized carbons (Fsp3) is 1.00. The molecular weight excluding hydrogens is 364 g/mol. The minimum Gasteiger partial charge on any atom is -0.389 e. The van der Waals surface area contributed by atoms with Gasteiger partial charge in [0.2, 0.25) is 0 Å². The zero-order valence-electron chi connectivity index (χ0n) is 18.0. The normalized spacial score (nSPS) is 30.6. The highest BCUT2D eigenvalue weighted by Crippen LogP contribution is 2.16. The quantitative estimate of drug-likeness (QED) is 0.258. The molecule has 2 aliphatic heterocycles. The lowest BCUT2D eigenvalue weighted by Crippen LogP contribution is -2.29. The van der Waals surface area contributed by atoms with Crippen molar-refractivity contribution in [1.82, 2.24) is 9.80 Å². The van der Waals surface area contributed by atoms with E-state index in [1.54, 1.807) is 0 Å². The molecule has 8 unspecified atom stereocenters. The van der Waals surface area contributed by atoms with Crippen molar-refractivity contribution in [3.05, 3.63) is 0 Å². The third-order valence-electron chi connectivity index (χ3n) is 5.08. The van der Waals surface area contributed by atoms with E-state index in [4.69, 9.17) is 18.9 Å². The van der Waals surface area contributed by atoms with Gasteiger partial charge in [-0.2, -0.15) is 0 Å². The van der Waals surface area contributed by atoms with E-state index < -0.39 is 12.2 Å². The van der Waals surface area contributed by atoms with E-state index in [1.807, 2.05) is 13.8 Å². The summed E-state index contributed by atoms with van der Waals surface area (Å²) in [6, 6.07) is 1.19. The molecule has 2 aliphatic rings. The van der Waals surface area contributed by atoms with E-state index in [9.17, 15) is 10.2 Å². The van der Waals surface area contributed by atoms with Crippen LogP contribution in [0.4, 0.5) is 0 Å². The van der Waals surface area contributed by atoms with Crippen LogP contribution in [-0.2, 0) is 18.9 Å². The molecular formula is C20H40N2O6. The van der Waals surface area contributed by atoms with Crippen LogP contribution < -0.4 is 0 Å². The number of hydrogen-bond acceptors (Lipinski definition) is 8. The maximum Gasteiger partial charge on any atom is 0.0900 e. The average molecular weight is 405 g/mol. The number of hydrogen-bond donors (Lipinski definition) is 2. The molecule has 0 amide bonds. The van der Waals surface area contributed by atoms with Crippen LogP contribution in [0.15, 0.2) is 0 Å². The summed E-state index contributed by atoms with van der Waals surface area (Å²) in [5, 5.41) is 19.7. The fourth-order valence-electron chi connectivity index (χ4n) is 3.08. The molecule has 0 saturated carbocycles. The third kappa shape index (κ3) is 10.5. The van der Waals surface area contributed by atoms with Gasteiger partial charge in [0.05, 0.1) is 64.1 Å². The van der Waals surface area contributed by atoms with E-state index in [1.165, 1.54) is 0 Å². The molecule has 8 heteroatoms. The van der Waals surface area contributed by atoms with Crippen LogP contribution >= 0.6 is 0 Å². The Balaban J connectivity index is 1.36. The van der Waals surface area contributed by atoms with Crippen molar-refractivity contribution in [2.45, 2.75) is 64.2 Å². The van der Waals surface area contributed by atoms with Crippen LogP contribution in [0.3, 0.4) is 0 Å². The fourth-order valence-corrected chi connectivity index (χ4v) is 3.08. The van der Waals surface area contributed by atoms with Crippen molar-refractivity contribution in [1.29, 1.82) is 0 Å². The topological polar surface area (TPSA) is 83.4 Å². The van der Waals surface area contributed by atoms with Crippen LogP contribution in [0.2, 0.25) is 0 Å². The van der Waals surface area contributed by atoms with E-state index in [0.29, 0.717) is 64.8 Å². The van der Waals surface area contributed by atoms with Gasteiger partial charge in [0.15, 0.2) is 0 Å². The third-order valence-corrected chi connectivity index (χ3v) is 5.08. The Bertz CT molecular complexity index is 392. The van der Waals surface area contributed by atoms with Gasteiger partial charge in [-0.25, -0.2) is 0 Å². The predicted molar refractivity (Wildman–Crippen MR) is 107 cm³/mol. The molecule has 0 spiro atoms. The van der Waals surface area contributed by atoms with Gasteiger partial charge in [-0.3, -0.25) is 9.80 Å². The second-order valence-electron chi connectivity index (χ2n) is 8.35. The van der Waals surface area contributed by atoms with Gasteiger partial charge in [-0.05, 0) is 27.7 Å². The van der Waals surface area contributed by atoms with Gasteiger partial charge in [0, 0.05) is 38.3 Å². The van der Waals surface area contributed by atoms with Gasteiger partial charge in [-0.15, -0.1) is 0 Å². The zero-order valence-corrected chi connectivity index (χ0v) is 18.0. The Labute approximate surface area is 169 Å². The summed E-state index contributed by atoms with van der Waals surface area (Å²) in [6.45, 7) is 14.2. The molecule has 8 nitrogen and oxygen atoms in total. The first-order valence-electron chi connectivity index (χ1n) is 10.6. The molecule has 8 atom stereocenters. The minimum atomic E-state index is -0.440. The second-order valence-corrected chi connectivity index (χ2v) is 8.35. The Kier molecular flexibility index (Phi) is 10.6. The van der Waals surface area contributed by atoms with Crippen molar-refractivity contribution < 1.29 is 29.2 Å². The summed E-state index contributed by atoms with van der Waals surface area (Å²) in [7, 11) is 0. The summed E-state index contributed by atoms with van der Waals surface area (Å²) >= 11 is 0. The van der Waals surface area contributed by atoms with Crippen molar-refractivity contribution in [3.8, 4) is 0 Å². The number of nitrogens with zero attached hydrogens (tertiary/aromatic N) is 2. The smallest absolute Gasteiger partial charge is 0.0900 e. The highest BCUT2D eigenvalue weighted by molar-refractivity contribution is 4.86. The molecule has 2 heterocycles. The molecule has 2 fully saturated rings. The van der Waals surface area contributed by atoms with Crippen molar-refractivity contribution in [2.75, 3.05) is 65.8 Å². The van der Waals surface area contributed by atoms with E-state index in [-0.39, 0.29) is 12.2 Å². The summed E-state index contributed by atoms with van der Waals surface area (Å²) in [6.07, 6.45) is -0.968. The number of ether oxygens (including phenoxy) is 4. The lowest BCUT2D eigenvalue weighted by molar-refractivity contribution is -0.0706. The maximum absolute atomic E-state index is 9.87. The Morgan fingerprint density at radius 1 is 0.750 bits per heavy atom. The summed E-state index contributed by atoms with van der Waals surface area (Å²) in [5.74, 6) is 0. The molecule has 0 aromatic heterocycles. The maximum atomic E-state index is 9.87. The standard InChI is InChI=1S/C20H40N2O6/c1-15-7-21(15)9-19(23)13-25-11-17(3)27-5-6-28-18(4)12-26-14-20(24)10-22-8-16(22)2/h15-20,23-24H,5-14H2,1-4H3. The lowest BCUT2D eigenvalue weighted by atomic mass is 10.3. The van der Waals surface area contributed by atoms with Crippen molar-refractivity contribution in [3.63, 3.8) is 0 Å². The van der Waals surface area contributed by atoms with Crippen LogP contribution in [-0.4, -0.2) is 122 Å². The first kappa shape index (κ1) is 24.0. The Morgan fingerprint density at radius 3 is 1.43 bits per heavy atom. The summed E-state index contributed by atoms with van der Waals surface area (Å²) in [4.78, 5) is 4.42. The molecule has 2 rings (SSSR count). The van der Waals surface area contributed by atoms with Crippen LogP contribution in [0.5, 0.6) is 0 Å². The first-order chi connectivity index (χ1) is 13.3. The molecule has 2 N–H and O–H groups in total. The summed E-state index contributed by atoms with van der Waals surface area (Å²) in [5.41, 5.74) is 0. The monoisotopic (exact) mass is 404 g/mol. The predicted octanol–water partition coefficient (Wildman–Crippen LogP) is -0.0402. The van der Waals surface area contributed by atoms with Crippen LogP contribution in [0.1, 0.15) is 27.7 Å². The molecule has 0 aromatic carbocycles. The number of aliphatic hydroxyl groups excluding tert-OH is 2. The van der Waals surface area contributed by atoms with Gasteiger partial charge in [0.25, 0.3) is 0 Å². The first-order valence-corrected chi connectivity index (χ1v) is 10.6. The SMILES string of the molecule is CC(COCC(O)CN1CC1C)OCCOC(C)COCC(O)CN1CC1C.